The smallest absolute Gasteiger partial charge is 0.267 e. The Kier molecular flexibility index (Phi) is 6.13. The third kappa shape index (κ3) is 4.80. The van der Waals surface area contributed by atoms with Crippen molar-refractivity contribution in [3.05, 3.63) is 112 Å². The van der Waals surface area contributed by atoms with E-state index in [1.807, 2.05) is 30.3 Å². The molecule has 0 unspecified atom stereocenters. The minimum atomic E-state index is -4.53. The predicted octanol–water partition coefficient (Wildman–Crippen LogP) is 3.54. The molecule has 0 saturated heterocycles. The van der Waals surface area contributed by atoms with Crippen molar-refractivity contribution in [3.8, 4) is 0 Å². The molecular weight excluding hydrogens is 449 g/mol. The van der Waals surface area contributed by atoms with E-state index in [0.29, 0.717) is 0 Å². The number of amides is 2. The molecular formula is C24H17F3N4O3. The molecule has 0 bridgehead atoms. The fraction of sp³-hybridized carbons (Fsp3) is 0.0833. The number of carbonyl (C=O) groups is 2. The Labute approximate surface area is 190 Å². The standard InChI is InChI=1S/C24H17F3N4O3/c25-24(26,27)17-12-10-16(11-13-17)21(32)28-29-22(33)20-18-8-4-5-9-19(18)23(34)31(30-20)14-15-6-2-1-3-7-15/h1-13H,14H2,(H,28,32)(H,29,33). The second-order valence-electron chi connectivity index (χ2n) is 7.33. The lowest BCUT2D eigenvalue weighted by Gasteiger charge is -2.12. The highest BCUT2D eigenvalue weighted by molar-refractivity contribution is 6.06. The number of aromatic nitrogens is 2. The second kappa shape index (κ2) is 9.18. The Bertz CT molecular complexity index is 1420. The van der Waals surface area contributed by atoms with Gasteiger partial charge in [0.1, 0.15) is 0 Å². The number of hydrogen-bond acceptors (Lipinski definition) is 4. The summed E-state index contributed by atoms with van der Waals surface area (Å²) in [6, 6.07) is 19.0. The van der Waals surface area contributed by atoms with E-state index in [1.54, 1.807) is 24.3 Å². The molecule has 0 atom stereocenters. The molecule has 0 aliphatic heterocycles. The zero-order valence-electron chi connectivity index (χ0n) is 17.5. The van der Waals surface area contributed by atoms with Crippen LogP contribution in [0.1, 0.15) is 32.0 Å². The summed E-state index contributed by atoms with van der Waals surface area (Å²) in [5.74, 6) is -1.61. The number of nitrogens with zero attached hydrogens (tertiary/aromatic N) is 2. The highest BCUT2D eigenvalue weighted by atomic mass is 19.4. The van der Waals surface area contributed by atoms with Gasteiger partial charge in [-0.1, -0.05) is 48.5 Å². The van der Waals surface area contributed by atoms with E-state index in [9.17, 15) is 27.6 Å². The van der Waals surface area contributed by atoms with Gasteiger partial charge in [-0.05, 0) is 35.9 Å². The molecule has 0 fully saturated rings. The van der Waals surface area contributed by atoms with E-state index in [1.165, 1.54) is 0 Å². The van der Waals surface area contributed by atoms with Gasteiger partial charge in [-0.25, -0.2) is 4.68 Å². The maximum atomic E-state index is 12.9. The number of rotatable bonds is 4. The largest absolute Gasteiger partial charge is 0.416 e. The van der Waals surface area contributed by atoms with Gasteiger partial charge >= 0.3 is 6.18 Å². The topological polar surface area (TPSA) is 93.1 Å². The minimum absolute atomic E-state index is 0.0832. The predicted molar refractivity (Wildman–Crippen MR) is 118 cm³/mol. The molecule has 4 aromatic rings. The van der Waals surface area contributed by atoms with Crippen LogP contribution < -0.4 is 16.4 Å². The minimum Gasteiger partial charge on any atom is -0.267 e. The fourth-order valence-corrected chi connectivity index (χ4v) is 3.32. The van der Waals surface area contributed by atoms with E-state index in [-0.39, 0.29) is 34.1 Å². The number of carbonyl (C=O) groups excluding carboxylic acids is 2. The zero-order valence-corrected chi connectivity index (χ0v) is 17.5. The fourth-order valence-electron chi connectivity index (χ4n) is 3.32. The highest BCUT2D eigenvalue weighted by Gasteiger charge is 2.30. The summed E-state index contributed by atoms with van der Waals surface area (Å²) in [6.45, 7) is 0.128. The Morgan fingerprint density at radius 3 is 2.03 bits per heavy atom. The number of nitrogens with one attached hydrogen (secondary N) is 2. The first-order valence-corrected chi connectivity index (χ1v) is 10.1. The van der Waals surface area contributed by atoms with Crippen molar-refractivity contribution in [2.75, 3.05) is 0 Å². The lowest BCUT2D eigenvalue weighted by Crippen LogP contribution is -2.42. The van der Waals surface area contributed by atoms with E-state index in [0.717, 1.165) is 34.5 Å². The Morgan fingerprint density at radius 1 is 0.794 bits per heavy atom. The lowest BCUT2D eigenvalue weighted by atomic mass is 10.1. The summed E-state index contributed by atoms with van der Waals surface area (Å²) >= 11 is 0. The van der Waals surface area contributed by atoms with Gasteiger partial charge in [0.25, 0.3) is 17.4 Å². The van der Waals surface area contributed by atoms with E-state index in [4.69, 9.17) is 0 Å². The molecule has 10 heteroatoms. The Morgan fingerprint density at radius 2 is 1.38 bits per heavy atom. The number of fused-ring (bicyclic) bond motifs is 1. The molecule has 172 valence electrons. The van der Waals surface area contributed by atoms with Gasteiger partial charge in [-0.3, -0.25) is 25.2 Å². The number of hydrogen-bond donors (Lipinski definition) is 2. The van der Waals surface area contributed by atoms with Crippen molar-refractivity contribution in [2.24, 2.45) is 0 Å². The van der Waals surface area contributed by atoms with Crippen LogP contribution in [0.3, 0.4) is 0 Å². The van der Waals surface area contributed by atoms with Crippen LogP contribution in [-0.4, -0.2) is 21.6 Å². The quantitative estimate of drug-likeness (QED) is 0.450. The van der Waals surface area contributed by atoms with Crippen LogP contribution in [0.5, 0.6) is 0 Å². The summed E-state index contributed by atoms with van der Waals surface area (Å²) in [5.41, 5.74) is 3.70. The number of benzene rings is 3. The normalized spacial score (nSPS) is 11.3. The number of hydrazine groups is 1. The molecule has 1 aromatic heterocycles. The van der Waals surface area contributed by atoms with Crippen molar-refractivity contribution in [2.45, 2.75) is 12.7 Å². The van der Waals surface area contributed by atoms with Gasteiger partial charge in [0, 0.05) is 10.9 Å². The van der Waals surface area contributed by atoms with Crippen LogP contribution in [0.2, 0.25) is 0 Å². The zero-order chi connectivity index (χ0) is 24.3. The summed E-state index contributed by atoms with van der Waals surface area (Å²) in [5, 5.41) is 4.76. The molecule has 34 heavy (non-hydrogen) atoms. The first kappa shape index (κ1) is 22.7. The van der Waals surface area contributed by atoms with Gasteiger partial charge in [0.2, 0.25) is 0 Å². The third-order valence-corrected chi connectivity index (χ3v) is 5.02. The highest BCUT2D eigenvalue weighted by Crippen LogP contribution is 2.29. The maximum Gasteiger partial charge on any atom is 0.416 e. The molecule has 1 heterocycles. The summed E-state index contributed by atoms with van der Waals surface area (Å²) < 4.78 is 39.3. The van der Waals surface area contributed by atoms with Crippen LogP contribution in [-0.2, 0) is 12.7 Å². The van der Waals surface area contributed by atoms with Gasteiger partial charge in [0.15, 0.2) is 5.69 Å². The number of alkyl halides is 3. The molecule has 3 aromatic carbocycles. The van der Waals surface area contributed by atoms with Crippen LogP contribution in [0, 0.1) is 0 Å². The average molecular weight is 466 g/mol. The van der Waals surface area contributed by atoms with Crippen molar-refractivity contribution in [1.29, 1.82) is 0 Å². The van der Waals surface area contributed by atoms with Crippen molar-refractivity contribution >= 4 is 22.6 Å². The van der Waals surface area contributed by atoms with E-state index < -0.39 is 23.6 Å². The van der Waals surface area contributed by atoms with Crippen LogP contribution in [0.15, 0.2) is 83.7 Å². The number of halogens is 3. The van der Waals surface area contributed by atoms with Crippen molar-refractivity contribution in [3.63, 3.8) is 0 Å². The SMILES string of the molecule is O=C(NNC(=O)c1nn(Cc2ccccc2)c(=O)c2ccccc12)c1ccc(C(F)(F)F)cc1. The summed E-state index contributed by atoms with van der Waals surface area (Å²) in [4.78, 5) is 38.0. The molecule has 0 aliphatic rings. The first-order valence-electron chi connectivity index (χ1n) is 10.1. The van der Waals surface area contributed by atoms with Crippen LogP contribution in [0.4, 0.5) is 13.2 Å². The average Bonchev–Trinajstić information content (AvgIpc) is 2.84. The van der Waals surface area contributed by atoms with Gasteiger partial charge in [0.05, 0.1) is 17.5 Å². The molecule has 0 saturated carbocycles. The first-order chi connectivity index (χ1) is 16.2. The molecule has 0 radical (unpaired) electrons. The van der Waals surface area contributed by atoms with Gasteiger partial charge < -0.3 is 0 Å². The molecule has 0 spiro atoms. The monoisotopic (exact) mass is 466 g/mol. The molecule has 4 rings (SSSR count). The molecule has 7 nitrogen and oxygen atoms in total. The lowest BCUT2D eigenvalue weighted by molar-refractivity contribution is -0.137. The van der Waals surface area contributed by atoms with Gasteiger partial charge in [-0.2, -0.15) is 18.3 Å². The van der Waals surface area contributed by atoms with Crippen molar-refractivity contribution in [1.82, 2.24) is 20.6 Å². The summed E-state index contributed by atoms with van der Waals surface area (Å²) in [7, 11) is 0. The van der Waals surface area contributed by atoms with Crippen LogP contribution >= 0.6 is 0 Å². The summed E-state index contributed by atoms with van der Waals surface area (Å²) in [6.07, 6.45) is -4.53. The van der Waals surface area contributed by atoms with E-state index >= 15 is 0 Å². The molecule has 2 N–H and O–H groups in total. The van der Waals surface area contributed by atoms with E-state index in [2.05, 4.69) is 16.0 Å². The Balaban J connectivity index is 1.58. The second-order valence-corrected chi connectivity index (χ2v) is 7.33. The molecule has 2 amide bonds. The van der Waals surface area contributed by atoms with Crippen LogP contribution in [0.25, 0.3) is 10.8 Å². The van der Waals surface area contributed by atoms with Gasteiger partial charge in [-0.15, -0.1) is 0 Å². The maximum absolute atomic E-state index is 12.9. The third-order valence-electron chi connectivity index (χ3n) is 5.02. The van der Waals surface area contributed by atoms with Crippen molar-refractivity contribution < 1.29 is 22.8 Å². The molecule has 0 aliphatic carbocycles. The Hall–Kier alpha value is -4.47.